The number of aromatic nitrogens is 2. The third-order valence-electron chi connectivity index (χ3n) is 4.16. The summed E-state index contributed by atoms with van der Waals surface area (Å²) >= 11 is 0. The third-order valence-corrected chi connectivity index (χ3v) is 4.16. The molecule has 1 N–H and O–H groups in total. The summed E-state index contributed by atoms with van der Waals surface area (Å²) in [5, 5.41) is 3.54. The van der Waals surface area contributed by atoms with Crippen LogP contribution in [0, 0.1) is 0 Å². The molecular weight excluding hydrogens is 278 g/mol. The molecule has 0 bridgehead atoms. The van der Waals surface area contributed by atoms with Crippen molar-refractivity contribution >= 4 is 5.97 Å². The number of nitrogens with one attached hydrogen (secondary N) is 1. The van der Waals surface area contributed by atoms with E-state index in [0.29, 0.717) is 11.5 Å². The van der Waals surface area contributed by atoms with Crippen molar-refractivity contribution in [1.82, 2.24) is 15.3 Å². The number of benzene rings is 1. The fourth-order valence-corrected chi connectivity index (χ4v) is 2.95. The van der Waals surface area contributed by atoms with E-state index in [1.165, 1.54) is 12.7 Å². The zero-order chi connectivity index (χ0) is 15.4. The number of ether oxygens (including phenoxy) is 1. The first-order valence-corrected chi connectivity index (χ1v) is 7.45. The summed E-state index contributed by atoms with van der Waals surface area (Å²) in [5.74, 6) is 0.136. The van der Waals surface area contributed by atoms with E-state index in [2.05, 4.69) is 15.3 Å². The van der Waals surface area contributed by atoms with Gasteiger partial charge in [0, 0.05) is 23.9 Å². The molecule has 5 heteroatoms. The van der Waals surface area contributed by atoms with E-state index in [-0.39, 0.29) is 12.0 Å². The molecule has 1 aliphatic heterocycles. The predicted molar refractivity (Wildman–Crippen MR) is 82.5 cm³/mol. The van der Waals surface area contributed by atoms with Crippen LogP contribution in [0.1, 0.15) is 46.4 Å². The highest BCUT2D eigenvalue weighted by Gasteiger charge is 2.24. The molecule has 1 unspecified atom stereocenters. The van der Waals surface area contributed by atoms with E-state index in [9.17, 15) is 4.79 Å². The highest BCUT2D eigenvalue weighted by Crippen LogP contribution is 2.33. The van der Waals surface area contributed by atoms with E-state index in [0.717, 1.165) is 25.1 Å². The monoisotopic (exact) mass is 297 g/mol. The molecule has 22 heavy (non-hydrogen) atoms. The SMILES string of the molecule is COC(=O)c1ccc([C@@H]2CC(c3ccncn3)CCN2)cc1. The average Bonchev–Trinajstić information content (AvgIpc) is 2.62. The van der Waals surface area contributed by atoms with Gasteiger partial charge in [0.2, 0.25) is 0 Å². The largest absolute Gasteiger partial charge is 0.465 e. The molecule has 2 heterocycles. The quantitative estimate of drug-likeness (QED) is 0.882. The van der Waals surface area contributed by atoms with E-state index >= 15 is 0 Å². The number of methoxy groups -OCH3 is 1. The van der Waals surface area contributed by atoms with Gasteiger partial charge in [-0.3, -0.25) is 0 Å². The lowest BCUT2D eigenvalue weighted by Crippen LogP contribution is -2.31. The smallest absolute Gasteiger partial charge is 0.337 e. The van der Waals surface area contributed by atoms with Gasteiger partial charge in [-0.15, -0.1) is 0 Å². The molecule has 0 saturated carbocycles. The van der Waals surface area contributed by atoms with Gasteiger partial charge < -0.3 is 10.1 Å². The molecule has 2 atom stereocenters. The Morgan fingerprint density at radius 2 is 2.09 bits per heavy atom. The summed E-state index contributed by atoms with van der Waals surface area (Å²) in [7, 11) is 1.39. The highest BCUT2D eigenvalue weighted by atomic mass is 16.5. The van der Waals surface area contributed by atoms with Crippen molar-refractivity contribution in [2.75, 3.05) is 13.7 Å². The van der Waals surface area contributed by atoms with E-state index in [4.69, 9.17) is 4.74 Å². The van der Waals surface area contributed by atoms with Crippen molar-refractivity contribution < 1.29 is 9.53 Å². The van der Waals surface area contributed by atoms with Crippen LogP contribution in [0.15, 0.2) is 42.9 Å². The van der Waals surface area contributed by atoms with E-state index in [1.54, 1.807) is 12.5 Å². The zero-order valence-electron chi connectivity index (χ0n) is 12.5. The van der Waals surface area contributed by atoms with Gasteiger partial charge in [-0.1, -0.05) is 12.1 Å². The minimum absolute atomic E-state index is 0.278. The van der Waals surface area contributed by atoms with Crippen molar-refractivity contribution in [3.63, 3.8) is 0 Å². The lowest BCUT2D eigenvalue weighted by molar-refractivity contribution is 0.0600. The second-order valence-electron chi connectivity index (χ2n) is 5.48. The van der Waals surface area contributed by atoms with E-state index < -0.39 is 0 Å². The Hall–Kier alpha value is -2.27. The number of piperidine rings is 1. The molecule has 0 radical (unpaired) electrons. The maximum Gasteiger partial charge on any atom is 0.337 e. The van der Waals surface area contributed by atoms with Crippen LogP contribution >= 0.6 is 0 Å². The molecule has 1 saturated heterocycles. The second-order valence-corrected chi connectivity index (χ2v) is 5.48. The molecule has 0 spiro atoms. The summed E-state index contributed by atoms with van der Waals surface area (Å²) in [5.41, 5.74) is 2.87. The van der Waals surface area contributed by atoms with Crippen molar-refractivity contribution in [3.05, 3.63) is 59.7 Å². The Morgan fingerprint density at radius 1 is 1.27 bits per heavy atom. The first kappa shape index (κ1) is 14.7. The lowest BCUT2D eigenvalue weighted by Gasteiger charge is -2.30. The zero-order valence-corrected chi connectivity index (χ0v) is 12.5. The number of hydrogen-bond acceptors (Lipinski definition) is 5. The predicted octanol–water partition coefficient (Wildman–Crippen LogP) is 2.47. The molecule has 0 aliphatic carbocycles. The summed E-state index contributed by atoms with van der Waals surface area (Å²) < 4.78 is 4.73. The maximum absolute atomic E-state index is 11.5. The van der Waals surface area contributed by atoms with Crippen LogP contribution in [0.2, 0.25) is 0 Å². The molecule has 1 aliphatic rings. The Bertz CT molecular complexity index is 628. The van der Waals surface area contributed by atoms with Gasteiger partial charge in [0.05, 0.1) is 12.7 Å². The Morgan fingerprint density at radius 3 is 2.77 bits per heavy atom. The first-order valence-electron chi connectivity index (χ1n) is 7.45. The van der Waals surface area contributed by atoms with Crippen molar-refractivity contribution in [3.8, 4) is 0 Å². The Labute approximate surface area is 129 Å². The fourth-order valence-electron chi connectivity index (χ4n) is 2.95. The van der Waals surface area contributed by atoms with Crippen molar-refractivity contribution in [1.29, 1.82) is 0 Å². The maximum atomic E-state index is 11.5. The summed E-state index contributed by atoms with van der Waals surface area (Å²) in [4.78, 5) is 19.8. The highest BCUT2D eigenvalue weighted by molar-refractivity contribution is 5.89. The first-order chi connectivity index (χ1) is 10.8. The van der Waals surface area contributed by atoms with Gasteiger partial charge in [-0.25, -0.2) is 14.8 Å². The van der Waals surface area contributed by atoms with Crippen molar-refractivity contribution in [2.24, 2.45) is 0 Å². The average molecular weight is 297 g/mol. The van der Waals surface area contributed by atoms with Crippen molar-refractivity contribution in [2.45, 2.75) is 24.8 Å². The van der Waals surface area contributed by atoms with Crippen LogP contribution < -0.4 is 5.32 Å². The number of rotatable bonds is 3. The van der Waals surface area contributed by atoms with Crippen LogP contribution in [0.5, 0.6) is 0 Å². The fraction of sp³-hybridized carbons (Fsp3) is 0.353. The van der Waals surface area contributed by atoms with Gasteiger partial charge in [0.25, 0.3) is 0 Å². The van der Waals surface area contributed by atoms with Crippen LogP contribution in [-0.4, -0.2) is 29.6 Å². The van der Waals surface area contributed by atoms with Crippen LogP contribution in [-0.2, 0) is 4.74 Å². The second kappa shape index (κ2) is 6.66. The third kappa shape index (κ3) is 3.14. The molecule has 1 fully saturated rings. The lowest BCUT2D eigenvalue weighted by atomic mass is 9.86. The summed E-state index contributed by atoms with van der Waals surface area (Å²) in [6, 6.07) is 9.89. The van der Waals surface area contributed by atoms with Gasteiger partial charge in [-0.05, 0) is 43.1 Å². The van der Waals surface area contributed by atoms with Crippen LogP contribution in [0.3, 0.4) is 0 Å². The molecule has 1 aromatic carbocycles. The van der Waals surface area contributed by atoms with Gasteiger partial charge >= 0.3 is 5.97 Å². The molecule has 1 aromatic heterocycles. The standard InChI is InChI=1S/C17H19N3O2/c1-22-17(21)13-4-2-12(3-5-13)16-10-14(6-9-19-16)15-7-8-18-11-20-15/h2-5,7-8,11,14,16,19H,6,9-10H2,1H3/t14?,16-/m0/s1. The normalized spacial score (nSPS) is 21.3. The number of hydrogen-bond donors (Lipinski definition) is 1. The molecule has 3 rings (SSSR count). The minimum atomic E-state index is -0.304. The van der Waals surface area contributed by atoms with Crippen LogP contribution in [0.25, 0.3) is 0 Å². The molecular formula is C17H19N3O2. The topological polar surface area (TPSA) is 64.1 Å². The van der Waals surface area contributed by atoms with E-state index in [1.807, 2.05) is 30.3 Å². The molecule has 5 nitrogen and oxygen atoms in total. The Balaban J connectivity index is 1.73. The summed E-state index contributed by atoms with van der Waals surface area (Å²) in [6.07, 6.45) is 5.48. The molecule has 114 valence electrons. The number of carbonyl (C=O) groups is 1. The Kier molecular flexibility index (Phi) is 4.44. The number of carbonyl (C=O) groups excluding carboxylic acids is 1. The number of esters is 1. The minimum Gasteiger partial charge on any atom is -0.465 e. The van der Waals surface area contributed by atoms with Gasteiger partial charge in [0.15, 0.2) is 0 Å². The van der Waals surface area contributed by atoms with Gasteiger partial charge in [-0.2, -0.15) is 0 Å². The number of nitrogens with zero attached hydrogens (tertiary/aromatic N) is 2. The van der Waals surface area contributed by atoms with Gasteiger partial charge in [0.1, 0.15) is 6.33 Å². The molecule has 2 aromatic rings. The van der Waals surface area contributed by atoms with Crippen LogP contribution in [0.4, 0.5) is 0 Å². The molecule has 0 amide bonds. The summed E-state index contributed by atoms with van der Waals surface area (Å²) in [6.45, 7) is 0.956.